The molecule has 1 saturated heterocycles. The van der Waals surface area contributed by atoms with E-state index >= 15 is 0 Å². The van der Waals surface area contributed by atoms with Gasteiger partial charge in [0.1, 0.15) is 6.04 Å². The highest BCUT2D eigenvalue weighted by Gasteiger charge is 2.39. The quantitative estimate of drug-likeness (QED) is 0.666. The van der Waals surface area contributed by atoms with E-state index < -0.39 is 6.04 Å². The number of carbonyl (C=O) groups is 2. The van der Waals surface area contributed by atoms with E-state index in [4.69, 9.17) is 0 Å². The summed E-state index contributed by atoms with van der Waals surface area (Å²) in [5.41, 5.74) is -0.289. The van der Waals surface area contributed by atoms with Gasteiger partial charge in [-0.15, -0.1) is 0 Å². The van der Waals surface area contributed by atoms with Crippen LogP contribution in [0.25, 0.3) is 0 Å². The molecule has 0 aromatic carbocycles. The van der Waals surface area contributed by atoms with Crippen molar-refractivity contribution in [2.75, 3.05) is 20.1 Å². The second-order valence-electron chi connectivity index (χ2n) is 5.09. The molecule has 1 heterocycles. The van der Waals surface area contributed by atoms with Crippen molar-refractivity contribution in [1.82, 2.24) is 16.0 Å². The molecule has 1 aliphatic heterocycles. The zero-order chi connectivity index (χ0) is 13.6. The Morgan fingerprint density at radius 2 is 1.94 bits per heavy atom. The first-order valence-electron chi connectivity index (χ1n) is 6.79. The van der Waals surface area contributed by atoms with Crippen molar-refractivity contribution in [3.63, 3.8) is 0 Å². The Morgan fingerprint density at radius 1 is 1.33 bits per heavy atom. The predicted molar refractivity (Wildman–Crippen MR) is 71.1 cm³/mol. The van der Waals surface area contributed by atoms with Crippen LogP contribution in [0.5, 0.6) is 0 Å². The standard InChI is InChI=1S/C13H25N3O2/c1-4-5-13(6-8-15-9-7-13)12(18)16-10(2)11(17)14-3/h10,15H,4-9H2,1-3H3,(H,14,17)(H,16,18). The van der Waals surface area contributed by atoms with Gasteiger partial charge in [-0.1, -0.05) is 13.3 Å². The molecule has 104 valence electrons. The van der Waals surface area contributed by atoms with E-state index in [2.05, 4.69) is 22.9 Å². The van der Waals surface area contributed by atoms with E-state index in [0.717, 1.165) is 38.8 Å². The van der Waals surface area contributed by atoms with Crippen molar-refractivity contribution in [3.05, 3.63) is 0 Å². The van der Waals surface area contributed by atoms with Gasteiger partial charge in [0.15, 0.2) is 0 Å². The molecule has 3 N–H and O–H groups in total. The molecule has 0 bridgehead atoms. The number of hydrogen-bond acceptors (Lipinski definition) is 3. The lowest BCUT2D eigenvalue weighted by Crippen LogP contribution is -2.52. The minimum Gasteiger partial charge on any atom is -0.357 e. The third kappa shape index (κ3) is 3.45. The summed E-state index contributed by atoms with van der Waals surface area (Å²) >= 11 is 0. The fraction of sp³-hybridized carbons (Fsp3) is 0.846. The lowest BCUT2D eigenvalue weighted by atomic mass is 9.74. The minimum absolute atomic E-state index is 0.0296. The molecule has 0 spiro atoms. The Hall–Kier alpha value is -1.10. The average Bonchev–Trinajstić information content (AvgIpc) is 2.39. The molecule has 1 atom stereocenters. The molecule has 18 heavy (non-hydrogen) atoms. The molecule has 2 amide bonds. The SMILES string of the molecule is CCCC1(C(=O)NC(C)C(=O)NC)CCNCC1. The highest BCUT2D eigenvalue weighted by molar-refractivity contribution is 5.89. The fourth-order valence-electron chi connectivity index (χ4n) is 2.61. The molecule has 1 unspecified atom stereocenters. The molecule has 1 rings (SSSR count). The summed E-state index contributed by atoms with van der Waals surface area (Å²) in [6, 6.07) is -0.467. The van der Waals surface area contributed by atoms with Gasteiger partial charge in [-0.3, -0.25) is 9.59 Å². The molecule has 1 fully saturated rings. The van der Waals surface area contributed by atoms with E-state index in [1.807, 2.05) is 0 Å². The van der Waals surface area contributed by atoms with E-state index in [1.165, 1.54) is 0 Å². The number of carbonyl (C=O) groups excluding carboxylic acids is 2. The fourth-order valence-corrected chi connectivity index (χ4v) is 2.61. The van der Waals surface area contributed by atoms with Crippen molar-refractivity contribution in [1.29, 1.82) is 0 Å². The molecule has 0 saturated carbocycles. The van der Waals surface area contributed by atoms with Crippen LogP contribution in [0.4, 0.5) is 0 Å². The molecule has 0 radical (unpaired) electrons. The zero-order valence-electron chi connectivity index (χ0n) is 11.6. The van der Waals surface area contributed by atoms with Crippen LogP contribution in [-0.4, -0.2) is 38.0 Å². The Kier molecular flexibility index (Phi) is 5.59. The van der Waals surface area contributed by atoms with Crippen LogP contribution in [0.2, 0.25) is 0 Å². The van der Waals surface area contributed by atoms with Gasteiger partial charge in [0, 0.05) is 7.05 Å². The van der Waals surface area contributed by atoms with Crippen LogP contribution in [0.15, 0.2) is 0 Å². The number of amides is 2. The monoisotopic (exact) mass is 255 g/mol. The first-order chi connectivity index (χ1) is 8.55. The van der Waals surface area contributed by atoms with Crippen LogP contribution in [0, 0.1) is 5.41 Å². The zero-order valence-corrected chi connectivity index (χ0v) is 11.6. The van der Waals surface area contributed by atoms with Gasteiger partial charge in [-0.25, -0.2) is 0 Å². The van der Waals surface area contributed by atoms with Gasteiger partial charge >= 0.3 is 0 Å². The summed E-state index contributed by atoms with van der Waals surface area (Å²) in [5.74, 6) is -0.120. The largest absolute Gasteiger partial charge is 0.357 e. The lowest BCUT2D eigenvalue weighted by Gasteiger charge is -2.36. The predicted octanol–water partition coefficient (Wildman–Crippen LogP) is 0.407. The van der Waals surface area contributed by atoms with Gasteiger partial charge in [0.05, 0.1) is 5.41 Å². The number of nitrogens with one attached hydrogen (secondary N) is 3. The van der Waals surface area contributed by atoms with Gasteiger partial charge in [0.25, 0.3) is 0 Å². The van der Waals surface area contributed by atoms with Gasteiger partial charge in [-0.05, 0) is 39.3 Å². The van der Waals surface area contributed by atoms with Crippen LogP contribution in [0.1, 0.15) is 39.5 Å². The molecule has 0 aliphatic carbocycles. The molecule has 0 aromatic heterocycles. The van der Waals surface area contributed by atoms with E-state index in [-0.39, 0.29) is 17.2 Å². The number of likely N-dealkylation sites (N-methyl/N-ethyl adjacent to an activating group) is 1. The smallest absolute Gasteiger partial charge is 0.242 e. The van der Waals surface area contributed by atoms with Crippen molar-refractivity contribution >= 4 is 11.8 Å². The van der Waals surface area contributed by atoms with Crippen molar-refractivity contribution < 1.29 is 9.59 Å². The highest BCUT2D eigenvalue weighted by Crippen LogP contribution is 2.34. The summed E-state index contributed by atoms with van der Waals surface area (Å²) in [4.78, 5) is 23.9. The molecule has 5 heteroatoms. The number of rotatable bonds is 5. The van der Waals surface area contributed by atoms with Crippen LogP contribution >= 0.6 is 0 Å². The lowest BCUT2D eigenvalue weighted by molar-refractivity contribution is -0.136. The Labute approximate surface area is 109 Å². The van der Waals surface area contributed by atoms with E-state index in [0.29, 0.717) is 0 Å². The van der Waals surface area contributed by atoms with Crippen molar-refractivity contribution in [3.8, 4) is 0 Å². The minimum atomic E-state index is -0.467. The van der Waals surface area contributed by atoms with Gasteiger partial charge in [-0.2, -0.15) is 0 Å². The van der Waals surface area contributed by atoms with E-state index in [9.17, 15) is 9.59 Å². The summed E-state index contributed by atoms with van der Waals surface area (Å²) in [5, 5.41) is 8.68. The summed E-state index contributed by atoms with van der Waals surface area (Å²) < 4.78 is 0. The van der Waals surface area contributed by atoms with Crippen LogP contribution < -0.4 is 16.0 Å². The normalized spacial score (nSPS) is 19.9. The third-order valence-corrected chi connectivity index (χ3v) is 3.76. The Morgan fingerprint density at radius 3 is 2.44 bits per heavy atom. The van der Waals surface area contributed by atoms with Crippen LogP contribution in [-0.2, 0) is 9.59 Å². The summed E-state index contributed by atoms with van der Waals surface area (Å²) in [6.07, 6.45) is 3.59. The number of hydrogen-bond donors (Lipinski definition) is 3. The second kappa shape index (κ2) is 6.73. The topological polar surface area (TPSA) is 70.2 Å². The third-order valence-electron chi connectivity index (χ3n) is 3.76. The maximum Gasteiger partial charge on any atom is 0.242 e. The van der Waals surface area contributed by atoms with Crippen LogP contribution in [0.3, 0.4) is 0 Å². The molecule has 1 aliphatic rings. The van der Waals surface area contributed by atoms with E-state index in [1.54, 1.807) is 14.0 Å². The van der Waals surface area contributed by atoms with Crippen molar-refractivity contribution in [2.24, 2.45) is 5.41 Å². The van der Waals surface area contributed by atoms with Crippen molar-refractivity contribution in [2.45, 2.75) is 45.6 Å². The second-order valence-corrected chi connectivity index (χ2v) is 5.09. The Balaban J connectivity index is 2.67. The highest BCUT2D eigenvalue weighted by atomic mass is 16.2. The summed E-state index contributed by atoms with van der Waals surface area (Å²) in [7, 11) is 1.58. The maximum atomic E-state index is 12.4. The summed E-state index contributed by atoms with van der Waals surface area (Å²) in [6.45, 7) is 5.57. The van der Waals surface area contributed by atoms with Gasteiger partial charge < -0.3 is 16.0 Å². The average molecular weight is 255 g/mol. The molecule has 5 nitrogen and oxygen atoms in total. The number of piperidine rings is 1. The Bertz CT molecular complexity index is 293. The molecular weight excluding hydrogens is 230 g/mol. The molecular formula is C13H25N3O2. The first-order valence-corrected chi connectivity index (χ1v) is 6.79. The van der Waals surface area contributed by atoms with Gasteiger partial charge in [0.2, 0.25) is 11.8 Å². The molecule has 0 aromatic rings. The first kappa shape index (κ1) is 15.0. The maximum absolute atomic E-state index is 12.4.